The van der Waals surface area contributed by atoms with E-state index in [4.69, 9.17) is 0 Å². The van der Waals surface area contributed by atoms with E-state index in [-0.39, 0.29) is 5.91 Å². The van der Waals surface area contributed by atoms with Crippen LogP contribution < -0.4 is 10.6 Å². The number of aryl methyl sites for hydroxylation is 1. The minimum absolute atomic E-state index is 0.240. The van der Waals surface area contributed by atoms with Crippen molar-refractivity contribution >= 4 is 17.4 Å². The summed E-state index contributed by atoms with van der Waals surface area (Å²) in [7, 11) is 0. The van der Waals surface area contributed by atoms with Crippen molar-refractivity contribution in [2.75, 3.05) is 5.32 Å². The van der Waals surface area contributed by atoms with Gasteiger partial charge in [-0.15, -0.1) is 10.2 Å². The number of carbonyl (C=O) groups excluding carboxylic acids is 1. The summed E-state index contributed by atoms with van der Waals surface area (Å²) in [5.74, 6) is 0.353. The number of nitrogens with one attached hydrogen (secondary N) is 2. The molecule has 0 saturated carbocycles. The van der Waals surface area contributed by atoms with Crippen LogP contribution in [0.3, 0.4) is 0 Å². The predicted molar refractivity (Wildman–Crippen MR) is 94.1 cm³/mol. The Morgan fingerprint density at radius 2 is 1.79 bits per heavy atom. The van der Waals surface area contributed by atoms with Crippen molar-refractivity contribution in [2.45, 2.75) is 13.5 Å². The van der Waals surface area contributed by atoms with E-state index < -0.39 is 0 Å². The normalized spacial score (nSPS) is 10.2. The zero-order chi connectivity index (χ0) is 16.8. The van der Waals surface area contributed by atoms with Gasteiger partial charge in [-0.1, -0.05) is 48.0 Å². The highest BCUT2D eigenvalue weighted by Gasteiger charge is 2.08. The molecule has 2 N–H and O–H groups in total. The van der Waals surface area contributed by atoms with Gasteiger partial charge >= 0.3 is 0 Å². The second-order valence-electron chi connectivity index (χ2n) is 5.47. The molecule has 3 rings (SSSR count). The molecule has 0 unspecified atom stereocenters. The molecule has 120 valence electrons. The van der Waals surface area contributed by atoms with Gasteiger partial charge in [0.15, 0.2) is 11.5 Å². The summed E-state index contributed by atoms with van der Waals surface area (Å²) in [5, 5.41) is 14.0. The lowest BCUT2D eigenvalue weighted by Crippen LogP contribution is -2.24. The highest BCUT2D eigenvalue weighted by Crippen LogP contribution is 2.12. The lowest BCUT2D eigenvalue weighted by Gasteiger charge is -2.07. The first kappa shape index (κ1) is 15.7. The van der Waals surface area contributed by atoms with Crippen molar-refractivity contribution in [2.24, 2.45) is 0 Å². The Morgan fingerprint density at radius 3 is 2.50 bits per heavy atom. The van der Waals surface area contributed by atoms with E-state index in [1.165, 1.54) is 0 Å². The number of para-hydroxylation sites is 1. The van der Waals surface area contributed by atoms with Crippen LogP contribution in [0.5, 0.6) is 0 Å². The largest absolute Gasteiger partial charge is 0.347 e. The molecule has 0 aliphatic heterocycles. The molecule has 1 aromatic heterocycles. The summed E-state index contributed by atoms with van der Waals surface area (Å²) < 4.78 is 0. The van der Waals surface area contributed by atoms with Crippen LogP contribution in [0.2, 0.25) is 0 Å². The fourth-order valence-electron chi connectivity index (χ4n) is 2.28. The van der Waals surface area contributed by atoms with Crippen molar-refractivity contribution in [3.05, 3.63) is 83.6 Å². The van der Waals surface area contributed by atoms with Gasteiger partial charge < -0.3 is 10.6 Å². The first-order valence-corrected chi connectivity index (χ1v) is 7.70. The Kier molecular flexibility index (Phi) is 4.81. The van der Waals surface area contributed by atoms with Crippen molar-refractivity contribution in [1.82, 2.24) is 15.5 Å². The van der Waals surface area contributed by atoms with Gasteiger partial charge in [-0.05, 0) is 36.8 Å². The molecule has 0 spiro atoms. The summed E-state index contributed by atoms with van der Waals surface area (Å²) in [6.07, 6.45) is 0. The Morgan fingerprint density at radius 1 is 0.958 bits per heavy atom. The number of nitrogens with zero attached hydrogens (tertiary/aromatic N) is 2. The summed E-state index contributed by atoms with van der Waals surface area (Å²) in [6.45, 7) is 2.49. The molecular formula is C19H18N4O. The fourth-order valence-corrected chi connectivity index (χ4v) is 2.28. The smallest absolute Gasteiger partial charge is 0.272 e. The standard InChI is InChI=1S/C19H18N4O/c1-14-6-5-7-15(12-14)13-20-19(24)17-10-11-18(23-22-17)21-16-8-3-2-4-9-16/h2-12H,13H2,1H3,(H,20,24)(H,21,23). The Balaban J connectivity index is 1.59. The van der Waals surface area contributed by atoms with E-state index in [1.54, 1.807) is 12.1 Å². The number of hydrogen-bond acceptors (Lipinski definition) is 4. The highest BCUT2D eigenvalue weighted by molar-refractivity contribution is 5.92. The van der Waals surface area contributed by atoms with Gasteiger partial charge in [-0.2, -0.15) is 0 Å². The first-order chi connectivity index (χ1) is 11.7. The monoisotopic (exact) mass is 318 g/mol. The van der Waals surface area contributed by atoms with Crippen LogP contribution in [0.15, 0.2) is 66.7 Å². The number of carbonyl (C=O) groups is 1. The molecule has 0 saturated heterocycles. The Labute approximate surface area is 140 Å². The molecule has 5 nitrogen and oxygen atoms in total. The Bertz CT molecular complexity index is 816. The van der Waals surface area contributed by atoms with Gasteiger partial charge in [0.2, 0.25) is 0 Å². The van der Waals surface area contributed by atoms with E-state index >= 15 is 0 Å². The van der Waals surface area contributed by atoms with E-state index in [1.807, 2.05) is 61.5 Å². The number of hydrogen-bond donors (Lipinski definition) is 2. The SMILES string of the molecule is Cc1cccc(CNC(=O)c2ccc(Nc3ccccc3)nn2)c1. The van der Waals surface area contributed by atoms with Crippen LogP contribution >= 0.6 is 0 Å². The van der Waals surface area contributed by atoms with Crippen LogP contribution in [0.1, 0.15) is 21.6 Å². The molecule has 1 heterocycles. The van der Waals surface area contributed by atoms with Gasteiger partial charge in [0.05, 0.1) is 0 Å². The predicted octanol–water partition coefficient (Wildman–Crippen LogP) is 3.46. The second-order valence-corrected chi connectivity index (χ2v) is 5.47. The van der Waals surface area contributed by atoms with Gasteiger partial charge in [-0.3, -0.25) is 4.79 Å². The fraction of sp³-hybridized carbons (Fsp3) is 0.105. The molecule has 1 amide bonds. The minimum Gasteiger partial charge on any atom is -0.347 e. The topological polar surface area (TPSA) is 66.9 Å². The maximum Gasteiger partial charge on any atom is 0.272 e. The average molecular weight is 318 g/mol. The molecule has 0 atom stereocenters. The van der Waals surface area contributed by atoms with Crippen LogP contribution in [0.25, 0.3) is 0 Å². The molecule has 0 aliphatic carbocycles. The van der Waals surface area contributed by atoms with Crippen LogP contribution in [0.4, 0.5) is 11.5 Å². The number of rotatable bonds is 5. The molecule has 24 heavy (non-hydrogen) atoms. The summed E-state index contributed by atoms with van der Waals surface area (Å²) in [4.78, 5) is 12.1. The third-order valence-electron chi connectivity index (χ3n) is 3.48. The van der Waals surface area contributed by atoms with Gasteiger partial charge in [0, 0.05) is 12.2 Å². The molecule has 5 heteroatoms. The van der Waals surface area contributed by atoms with Gasteiger partial charge in [-0.25, -0.2) is 0 Å². The molecule has 0 fully saturated rings. The van der Waals surface area contributed by atoms with E-state index in [2.05, 4.69) is 20.8 Å². The number of anilines is 2. The molecule has 2 aromatic carbocycles. The van der Waals surface area contributed by atoms with Crippen molar-refractivity contribution in [3.8, 4) is 0 Å². The maximum atomic E-state index is 12.1. The third-order valence-corrected chi connectivity index (χ3v) is 3.48. The van der Waals surface area contributed by atoms with Crippen molar-refractivity contribution in [3.63, 3.8) is 0 Å². The minimum atomic E-state index is -0.240. The third kappa shape index (κ3) is 4.16. The Hall–Kier alpha value is -3.21. The zero-order valence-corrected chi connectivity index (χ0v) is 13.4. The van der Waals surface area contributed by atoms with Gasteiger partial charge in [0.25, 0.3) is 5.91 Å². The number of aromatic nitrogens is 2. The van der Waals surface area contributed by atoms with Crippen LogP contribution in [0, 0.1) is 6.92 Å². The molecular weight excluding hydrogens is 300 g/mol. The van der Waals surface area contributed by atoms with Crippen LogP contribution in [-0.2, 0) is 6.54 Å². The second kappa shape index (κ2) is 7.37. The van der Waals surface area contributed by atoms with Crippen molar-refractivity contribution < 1.29 is 4.79 Å². The van der Waals surface area contributed by atoms with Crippen molar-refractivity contribution in [1.29, 1.82) is 0 Å². The lowest BCUT2D eigenvalue weighted by molar-refractivity contribution is 0.0945. The van der Waals surface area contributed by atoms with E-state index in [0.717, 1.165) is 16.8 Å². The summed E-state index contributed by atoms with van der Waals surface area (Å²) in [5.41, 5.74) is 3.43. The molecule has 0 aliphatic rings. The molecule has 0 bridgehead atoms. The van der Waals surface area contributed by atoms with E-state index in [9.17, 15) is 4.79 Å². The number of benzene rings is 2. The quantitative estimate of drug-likeness (QED) is 0.756. The summed E-state index contributed by atoms with van der Waals surface area (Å²) in [6, 6.07) is 21.1. The summed E-state index contributed by atoms with van der Waals surface area (Å²) >= 11 is 0. The number of amides is 1. The van der Waals surface area contributed by atoms with Gasteiger partial charge in [0.1, 0.15) is 0 Å². The maximum absolute atomic E-state index is 12.1. The average Bonchev–Trinajstić information content (AvgIpc) is 2.61. The molecule has 0 radical (unpaired) electrons. The first-order valence-electron chi connectivity index (χ1n) is 7.70. The highest BCUT2D eigenvalue weighted by atomic mass is 16.1. The molecule has 3 aromatic rings. The zero-order valence-electron chi connectivity index (χ0n) is 13.4. The lowest BCUT2D eigenvalue weighted by atomic mass is 10.1. The van der Waals surface area contributed by atoms with Crippen LogP contribution in [-0.4, -0.2) is 16.1 Å². The van der Waals surface area contributed by atoms with E-state index in [0.29, 0.717) is 18.1 Å².